The molecule has 8 heteroatoms. The lowest BCUT2D eigenvalue weighted by Gasteiger charge is -2.11. The van der Waals surface area contributed by atoms with Crippen molar-refractivity contribution in [3.05, 3.63) is 24.3 Å². The van der Waals surface area contributed by atoms with Gasteiger partial charge < -0.3 is 14.8 Å². The normalized spacial score (nSPS) is 11.3. The van der Waals surface area contributed by atoms with Gasteiger partial charge in [-0.3, -0.25) is 4.55 Å². The van der Waals surface area contributed by atoms with Crippen LogP contribution < -0.4 is 14.8 Å². The Morgan fingerprint density at radius 3 is 2.45 bits per heavy atom. The summed E-state index contributed by atoms with van der Waals surface area (Å²) in [6, 6.07) is 7.42. The first-order chi connectivity index (χ1) is 9.53. The first-order valence-corrected chi connectivity index (χ1v) is 9.14. The third kappa shape index (κ3) is 7.59. The summed E-state index contributed by atoms with van der Waals surface area (Å²) in [5, 5.41) is 3.02. The molecular weight excluding hydrogens is 302 g/mol. The molecule has 114 valence electrons. The van der Waals surface area contributed by atoms with Crippen molar-refractivity contribution in [3.63, 3.8) is 0 Å². The van der Waals surface area contributed by atoms with E-state index >= 15 is 0 Å². The van der Waals surface area contributed by atoms with E-state index in [0.29, 0.717) is 48.6 Å². The second-order valence-corrected chi connectivity index (χ2v) is 7.20. The minimum absolute atomic E-state index is 0.286. The van der Waals surface area contributed by atoms with Crippen LogP contribution in [-0.2, 0) is 9.15 Å². The minimum Gasteiger partial charge on any atom is -0.490 e. The van der Waals surface area contributed by atoms with Gasteiger partial charge in [0.05, 0.1) is 6.61 Å². The number of hydrogen-bond acceptors (Lipinski definition) is 6. The molecule has 1 rings (SSSR count). The average Bonchev–Trinajstić information content (AvgIpc) is 2.38. The van der Waals surface area contributed by atoms with E-state index in [0.717, 1.165) is 0 Å². The Labute approximate surface area is 123 Å². The fourth-order valence-electron chi connectivity index (χ4n) is 1.42. The lowest BCUT2D eigenvalue weighted by Crippen LogP contribution is -2.23. The minimum atomic E-state index is -3.94. The Bertz CT molecular complexity index is 492. The largest absolute Gasteiger partial charge is 0.490 e. The predicted octanol–water partition coefficient (Wildman–Crippen LogP) is 1.59. The van der Waals surface area contributed by atoms with E-state index in [2.05, 4.69) is 5.32 Å². The monoisotopic (exact) mass is 321 g/mol. The molecular formula is C12H19NO5S2. The Morgan fingerprint density at radius 2 is 1.85 bits per heavy atom. The molecule has 1 aromatic carbocycles. The van der Waals surface area contributed by atoms with Gasteiger partial charge in [0, 0.05) is 18.8 Å². The molecule has 0 amide bonds. The molecule has 0 aliphatic rings. The van der Waals surface area contributed by atoms with Crippen LogP contribution in [0.4, 0.5) is 0 Å². The second kappa shape index (κ2) is 9.06. The highest BCUT2D eigenvalue weighted by Crippen LogP contribution is 2.25. The van der Waals surface area contributed by atoms with Gasteiger partial charge in [0.15, 0.2) is 11.5 Å². The number of para-hydroxylation sites is 2. The van der Waals surface area contributed by atoms with Gasteiger partial charge in [-0.15, -0.1) is 0 Å². The molecule has 0 aliphatic carbocycles. The van der Waals surface area contributed by atoms with Crippen LogP contribution in [0.5, 0.6) is 11.5 Å². The molecule has 0 heterocycles. The molecule has 1 aromatic rings. The highest BCUT2D eigenvalue weighted by molar-refractivity contribution is 8.69. The lowest BCUT2D eigenvalue weighted by molar-refractivity contribution is 0.276. The summed E-state index contributed by atoms with van der Waals surface area (Å²) in [7, 11) is -3.44. The molecule has 0 radical (unpaired) electrons. The van der Waals surface area contributed by atoms with Crippen LogP contribution in [0.2, 0.25) is 0 Å². The standard InChI is InChI=1S/C12H19NO5S2/c1-2-17-11-5-3-4-6-12(11)18-9-7-13-8-10-19-20(14,15)16/h3-6,13H,2,7-10H2,1H3,(H,14,15,16). The Hall–Kier alpha value is -0.960. The number of rotatable bonds is 10. The molecule has 0 fully saturated rings. The molecule has 0 atom stereocenters. The predicted molar refractivity (Wildman–Crippen MR) is 80.0 cm³/mol. The molecule has 0 unspecified atom stereocenters. The van der Waals surface area contributed by atoms with Crippen molar-refractivity contribution >= 4 is 19.9 Å². The van der Waals surface area contributed by atoms with Gasteiger partial charge in [-0.25, -0.2) is 0 Å². The van der Waals surface area contributed by atoms with Crippen LogP contribution >= 0.6 is 10.8 Å². The van der Waals surface area contributed by atoms with Gasteiger partial charge in [-0.2, -0.15) is 8.42 Å². The lowest BCUT2D eigenvalue weighted by atomic mass is 10.3. The van der Waals surface area contributed by atoms with Crippen LogP contribution in [-0.4, -0.2) is 45.0 Å². The van der Waals surface area contributed by atoms with Gasteiger partial charge in [0.1, 0.15) is 6.61 Å². The number of hydrogen-bond donors (Lipinski definition) is 2. The molecule has 20 heavy (non-hydrogen) atoms. The van der Waals surface area contributed by atoms with E-state index in [4.69, 9.17) is 14.0 Å². The first-order valence-electron chi connectivity index (χ1n) is 6.20. The summed E-state index contributed by atoms with van der Waals surface area (Å²) in [5.41, 5.74) is 0. The van der Waals surface area contributed by atoms with Gasteiger partial charge >= 0.3 is 9.15 Å². The highest BCUT2D eigenvalue weighted by atomic mass is 33.1. The van der Waals surface area contributed by atoms with E-state index in [1.54, 1.807) is 0 Å². The van der Waals surface area contributed by atoms with Crippen LogP contribution in [0, 0.1) is 0 Å². The third-order valence-electron chi connectivity index (χ3n) is 2.20. The van der Waals surface area contributed by atoms with Crippen LogP contribution in [0.15, 0.2) is 24.3 Å². The summed E-state index contributed by atoms with van der Waals surface area (Å²) in [6.07, 6.45) is 0. The van der Waals surface area contributed by atoms with Crippen molar-refractivity contribution in [1.29, 1.82) is 0 Å². The van der Waals surface area contributed by atoms with Crippen molar-refractivity contribution in [2.75, 3.05) is 32.1 Å². The summed E-state index contributed by atoms with van der Waals surface area (Å²) >= 11 is 0. The zero-order valence-electron chi connectivity index (χ0n) is 11.2. The molecule has 2 N–H and O–H groups in total. The maximum Gasteiger partial charge on any atom is 0.319 e. The van der Waals surface area contributed by atoms with Crippen molar-refractivity contribution < 1.29 is 22.4 Å². The Kier molecular flexibility index (Phi) is 7.75. The van der Waals surface area contributed by atoms with E-state index in [-0.39, 0.29) is 5.75 Å². The van der Waals surface area contributed by atoms with Gasteiger partial charge in [0.2, 0.25) is 0 Å². The molecule has 0 saturated heterocycles. The van der Waals surface area contributed by atoms with Crippen molar-refractivity contribution in [2.24, 2.45) is 0 Å². The summed E-state index contributed by atoms with van der Waals surface area (Å²) in [6.45, 7) is 3.98. The van der Waals surface area contributed by atoms with Crippen LogP contribution in [0.1, 0.15) is 6.92 Å². The van der Waals surface area contributed by atoms with Gasteiger partial charge in [0.25, 0.3) is 0 Å². The molecule has 0 saturated carbocycles. The zero-order valence-corrected chi connectivity index (χ0v) is 12.9. The summed E-state index contributed by atoms with van der Waals surface area (Å²) in [4.78, 5) is 0. The van der Waals surface area contributed by atoms with Crippen molar-refractivity contribution in [2.45, 2.75) is 6.92 Å². The number of ether oxygens (including phenoxy) is 2. The van der Waals surface area contributed by atoms with Gasteiger partial charge in [-0.05, 0) is 29.9 Å². The van der Waals surface area contributed by atoms with Crippen LogP contribution in [0.3, 0.4) is 0 Å². The average molecular weight is 321 g/mol. The summed E-state index contributed by atoms with van der Waals surface area (Å²) in [5.74, 6) is 1.68. The van der Waals surface area contributed by atoms with Crippen molar-refractivity contribution in [1.82, 2.24) is 5.32 Å². The Morgan fingerprint density at radius 1 is 1.20 bits per heavy atom. The molecule has 0 aliphatic heterocycles. The fraction of sp³-hybridized carbons (Fsp3) is 0.500. The molecule has 0 bridgehead atoms. The third-order valence-corrected chi connectivity index (χ3v) is 4.26. The molecule has 0 spiro atoms. The summed E-state index contributed by atoms with van der Waals surface area (Å²) < 4.78 is 40.4. The molecule has 6 nitrogen and oxygen atoms in total. The number of nitrogens with one attached hydrogen (secondary N) is 1. The molecule has 0 aromatic heterocycles. The zero-order chi connectivity index (χ0) is 14.8. The van der Waals surface area contributed by atoms with Crippen molar-refractivity contribution in [3.8, 4) is 11.5 Å². The second-order valence-electron chi connectivity index (χ2n) is 3.73. The van der Waals surface area contributed by atoms with Gasteiger partial charge in [-0.1, -0.05) is 12.1 Å². The quantitative estimate of drug-likeness (QED) is 0.384. The maximum atomic E-state index is 10.5. The van der Waals surface area contributed by atoms with Crippen LogP contribution in [0.25, 0.3) is 0 Å². The fourth-order valence-corrected chi connectivity index (χ4v) is 2.74. The smallest absolute Gasteiger partial charge is 0.319 e. The van der Waals surface area contributed by atoms with E-state index in [9.17, 15) is 8.42 Å². The maximum absolute atomic E-state index is 10.5. The van der Waals surface area contributed by atoms with E-state index in [1.807, 2.05) is 31.2 Å². The topological polar surface area (TPSA) is 84.9 Å². The van der Waals surface area contributed by atoms with E-state index in [1.165, 1.54) is 0 Å². The first kappa shape index (κ1) is 17.1. The highest BCUT2D eigenvalue weighted by Gasteiger charge is 2.04. The SMILES string of the molecule is CCOc1ccccc1OCCNCCSS(=O)(=O)O. The van der Waals surface area contributed by atoms with E-state index < -0.39 is 9.15 Å². The number of benzene rings is 1. The Balaban J connectivity index is 2.18.